The monoisotopic (exact) mass is 340 g/mol. The van der Waals surface area contributed by atoms with Crippen LogP contribution in [-0.2, 0) is 0 Å². The van der Waals surface area contributed by atoms with Crippen LogP contribution in [0, 0.1) is 5.92 Å². The van der Waals surface area contributed by atoms with Crippen LogP contribution in [0.2, 0.25) is 0 Å². The number of nitrogens with zero attached hydrogens (tertiary/aromatic N) is 5. The molecule has 2 saturated carbocycles. The second-order valence-corrected chi connectivity index (χ2v) is 7.57. The molecular weight excluding hydrogens is 310 g/mol. The molecule has 0 aromatic carbocycles. The average Bonchev–Trinajstić information content (AvgIpc) is 3.18. The van der Waals surface area contributed by atoms with Crippen LogP contribution in [-0.4, -0.2) is 38.2 Å². The molecule has 1 aromatic heterocycles. The standard InChI is InChI=1S/C17H31N5.ClH/c1-13(2)16(21(3)14-9-5-4-6-10-14)17-18-19-20-22(17)15-11-7-8-12-15;/h13-16H,4-12H2,1-3H3;1H/p-1. The van der Waals surface area contributed by atoms with Gasteiger partial charge in [-0.05, 0) is 49.1 Å². The fourth-order valence-corrected chi connectivity index (χ4v) is 4.47. The molecule has 0 spiro atoms. The average molecular weight is 341 g/mol. The molecule has 0 N–H and O–H groups in total. The van der Waals surface area contributed by atoms with Crippen LogP contribution < -0.4 is 12.4 Å². The maximum Gasteiger partial charge on any atom is 0.168 e. The molecule has 1 unspecified atom stereocenters. The maximum absolute atomic E-state index is 4.46. The summed E-state index contributed by atoms with van der Waals surface area (Å²) in [5.74, 6) is 1.62. The Hall–Kier alpha value is -0.680. The lowest BCUT2D eigenvalue weighted by molar-refractivity contribution is -0.00000511. The predicted octanol–water partition coefficient (Wildman–Crippen LogP) is 0.754. The van der Waals surface area contributed by atoms with E-state index in [2.05, 4.69) is 46.0 Å². The van der Waals surface area contributed by atoms with E-state index in [4.69, 9.17) is 0 Å². The van der Waals surface area contributed by atoms with Crippen molar-refractivity contribution in [1.82, 2.24) is 25.1 Å². The highest BCUT2D eigenvalue weighted by Gasteiger charge is 2.33. The zero-order valence-corrected chi connectivity index (χ0v) is 15.5. The summed E-state index contributed by atoms with van der Waals surface area (Å²) < 4.78 is 2.15. The Bertz CT molecular complexity index is 463. The van der Waals surface area contributed by atoms with Gasteiger partial charge < -0.3 is 12.4 Å². The molecule has 0 bridgehead atoms. The molecule has 3 rings (SSSR count). The van der Waals surface area contributed by atoms with Crippen LogP contribution >= 0.6 is 0 Å². The second-order valence-electron chi connectivity index (χ2n) is 7.57. The summed E-state index contributed by atoms with van der Waals surface area (Å²) in [5.41, 5.74) is 0. The van der Waals surface area contributed by atoms with Gasteiger partial charge in [0.2, 0.25) is 0 Å². The van der Waals surface area contributed by atoms with E-state index in [-0.39, 0.29) is 12.4 Å². The van der Waals surface area contributed by atoms with E-state index in [0.29, 0.717) is 24.0 Å². The normalized spacial score (nSPS) is 21.8. The molecule has 0 amide bonds. The Morgan fingerprint density at radius 3 is 2.22 bits per heavy atom. The van der Waals surface area contributed by atoms with Crippen molar-refractivity contribution in [3.05, 3.63) is 5.82 Å². The highest BCUT2D eigenvalue weighted by atomic mass is 35.5. The zero-order chi connectivity index (χ0) is 15.5. The third-order valence-electron chi connectivity index (χ3n) is 5.67. The predicted molar refractivity (Wildman–Crippen MR) is 87.5 cm³/mol. The van der Waals surface area contributed by atoms with E-state index >= 15 is 0 Å². The van der Waals surface area contributed by atoms with Crippen molar-refractivity contribution >= 4 is 0 Å². The van der Waals surface area contributed by atoms with E-state index < -0.39 is 0 Å². The largest absolute Gasteiger partial charge is 1.00 e. The minimum absolute atomic E-state index is 0. The van der Waals surface area contributed by atoms with E-state index in [1.165, 1.54) is 57.8 Å². The molecule has 5 nitrogen and oxygen atoms in total. The van der Waals surface area contributed by atoms with Crippen molar-refractivity contribution in [3.63, 3.8) is 0 Å². The number of halogens is 1. The van der Waals surface area contributed by atoms with Gasteiger partial charge in [0.25, 0.3) is 0 Å². The molecule has 6 heteroatoms. The summed E-state index contributed by atoms with van der Waals surface area (Å²) in [5, 5.41) is 12.9. The van der Waals surface area contributed by atoms with Crippen LogP contribution in [0.15, 0.2) is 0 Å². The Morgan fingerprint density at radius 1 is 1.00 bits per heavy atom. The lowest BCUT2D eigenvalue weighted by Gasteiger charge is -2.38. The first-order chi connectivity index (χ1) is 10.7. The number of rotatable bonds is 5. The zero-order valence-electron chi connectivity index (χ0n) is 14.8. The van der Waals surface area contributed by atoms with E-state index in [1.54, 1.807) is 0 Å². The quantitative estimate of drug-likeness (QED) is 0.793. The molecular formula is C17H31ClN5-. The van der Waals surface area contributed by atoms with E-state index in [0.717, 1.165) is 5.82 Å². The lowest BCUT2D eigenvalue weighted by atomic mass is 9.91. The molecule has 0 radical (unpaired) electrons. The molecule has 23 heavy (non-hydrogen) atoms. The summed E-state index contributed by atoms with van der Waals surface area (Å²) in [6, 6.07) is 1.54. The third-order valence-corrected chi connectivity index (χ3v) is 5.67. The molecule has 2 aliphatic rings. The maximum atomic E-state index is 4.46. The number of aromatic nitrogens is 4. The van der Waals surface area contributed by atoms with Crippen LogP contribution in [0.4, 0.5) is 0 Å². The summed E-state index contributed by atoms with van der Waals surface area (Å²) in [7, 11) is 2.29. The first-order valence-corrected chi connectivity index (χ1v) is 9.18. The summed E-state index contributed by atoms with van der Waals surface area (Å²) in [6.45, 7) is 4.61. The van der Waals surface area contributed by atoms with Crippen molar-refractivity contribution in [2.45, 2.75) is 89.8 Å². The SMILES string of the molecule is CC(C)C(c1nnnn1C1CCCC1)N(C)C1CCCCC1.[Cl-]. The first-order valence-electron chi connectivity index (χ1n) is 9.18. The van der Waals surface area contributed by atoms with Crippen LogP contribution in [0.1, 0.15) is 89.5 Å². The van der Waals surface area contributed by atoms with Gasteiger partial charge in [0.1, 0.15) is 0 Å². The van der Waals surface area contributed by atoms with Crippen molar-refractivity contribution in [2.24, 2.45) is 5.92 Å². The molecule has 132 valence electrons. The number of hydrogen-bond acceptors (Lipinski definition) is 4. The minimum Gasteiger partial charge on any atom is -1.00 e. The minimum atomic E-state index is 0. The van der Waals surface area contributed by atoms with Gasteiger partial charge in [-0.2, -0.15) is 0 Å². The van der Waals surface area contributed by atoms with Gasteiger partial charge in [-0.25, -0.2) is 4.68 Å². The van der Waals surface area contributed by atoms with Crippen molar-refractivity contribution < 1.29 is 12.4 Å². The summed E-state index contributed by atoms with van der Waals surface area (Å²) >= 11 is 0. The van der Waals surface area contributed by atoms with Crippen LogP contribution in [0.5, 0.6) is 0 Å². The van der Waals surface area contributed by atoms with E-state index in [9.17, 15) is 0 Å². The topological polar surface area (TPSA) is 46.8 Å². The fourth-order valence-electron chi connectivity index (χ4n) is 4.47. The van der Waals surface area contributed by atoms with Crippen molar-refractivity contribution in [3.8, 4) is 0 Å². The van der Waals surface area contributed by atoms with Crippen molar-refractivity contribution in [2.75, 3.05) is 7.05 Å². The number of tetrazole rings is 1. The Balaban J connectivity index is 0.00000192. The smallest absolute Gasteiger partial charge is 0.168 e. The van der Waals surface area contributed by atoms with Gasteiger partial charge in [0.05, 0.1) is 12.1 Å². The fraction of sp³-hybridized carbons (Fsp3) is 0.941. The molecule has 2 fully saturated rings. The Labute approximate surface area is 146 Å². The van der Waals surface area contributed by atoms with Gasteiger partial charge in [-0.1, -0.05) is 46.0 Å². The van der Waals surface area contributed by atoms with Crippen molar-refractivity contribution in [1.29, 1.82) is 0 Å². The van der Waals surface area contributed by atoms with Crippen LogP contribution in [0.3, 0.4) is 0 Å². The molecule has 1 aromatic rings. The summed E-state index contributed by atoms with van der Waals surface area (Å²) in [4.78, 5) is 2.57. The van der Waals surface area contributed by atoms with Gasteiger partial charge in [0.15, 0.2) is 5.82 Å². The van der Waals surface area contributed by atoms with Gasteiger partial charge in [-0.3, -0.25) is 4.90 Å². The van der Waals surface area contributed by atoms with E-state index in [1.807, 2.05) is 0 Å². The molecule has 1 heterocycles. The summed E-state index contributed by atoms with van der Waals surface area (Å²) in [6.07, 6.45) is 11.9. The molecule has 0 saturated heterocycles. The molecule has 0 aliphatic heterocycles. The van der Waals surface area contributed by atoms with Gasteiger partial charge in [0, 0.05) is 6.04 Å². The highest BCUT2D eigenvalue weighted by molar-refractivity contribution is 4.99. The second kappa shape index (κ2) is 8.43. The van der Waals surface area contributed by atoms with Crippen LogP contribution in [0.25, 0.3) is 0 Å². The highest BCUT2D eigenvalue weighted by Crippen LogP contribution is 2.36. The van der Waals surface area contributed by atoms with Gasteiger partial charge >= 0.3 is 0 Å². The molecule has 2 aliphatic carbocycles. The Morgan fingerprint density at radius 2 is 1.61 bits per heavy atom. The lowest BCUT2D eigenvalue weighted by Crippen LogP contribution is -3.00. The third kappa shape index (κ3) is 4.05. The Kier molecular flexibility index (Phi) is 6.84. The number of hydrogen-bond donors (Lipinski definition) is 0. The van der Waals surface area contributed by atoms with Gasteiger partial charge in [-0.15, -0.1) is 5.10 Å². The molecule has 1 atom stereocenters. The first kappa shape index (κ1) is 18.7.